The van der Waals surface area contributed by atoms with Crippen molar-refractivity contribution in [1.82, 2.24) is 4.90 Å². The quantitative estimate of drug-likeness (QED) is 0.758. The first-order valence-electron chi connectivity index (χ1n) is 6.72. The molecule has 1 heterocycles. The van der Waals surface area contributed by atoms with Crippen LogP contribution in [0.25, 0.3) is 0 Å². The summed E-state index contributed by atoms with van der Waals surface area (Å²) >= 11 is 5.92. The first-order valence-corrected chi connectivity index (χ1v) is 7.26. The Hall–Kier alpha value is -0.730. The van der Waals surface area contributed by atoms with E-state index < -0.39 is 0 Å². The predicted molar refractivity (Wildman–Crippen MR) is 79.7 cm³/mol. The van der Waals surface area contributed by atoms with E-state index in [1.807, 2.05) is 0 Å². The monoisotopic (exact) mass is 266 g/mol. The van der Waals surface area contributed by atoms with E-state index in [9.17, 15) is 0 Å². The molecule has 2 rings (SSSR count). The highest BCUT2D eigenvalue weighted by atomic mass is 35.5. The fraction of sp³-hybridized carbons (Fsp3) is 0.600. The standard InChI is InChI=1S/C15H23ClN2/c1-12-9-15(6-5-14(12)10-16)18-8-4-7-17(3)11-13(18)2/h5-6,9,13H,4,7-8,10-11H2,1-3H3. The van der Waals surface area contributed by atoms with Crippen LogP contribution in [0, 0.1) is 6.92 Å². The zero-order chi connectivity index (χ0) is 13.1. The number of halogens is 1. The Morgan fingerprint density at radius 3 is 2.78 bits per heavy atom. The van der Waals surface area contributed by atoms with Crippen molar-refractivity contribution >= 4 is 17.3 Å². The van der Waals surface area contributed by atoms with Gasteiger partial charge in [-0.1, -0.05) is 6.07 Å². The Morgan fingerprint density at radius 1 is 1.33 bits per heavy atom. The zero-order valence-corrected chi connectivity index (χ0v) is 12.4. The van der Waals surface area contributed by atoms with Crippen LogP contribution in [0.4, 0.5) is 5.69 Å². The number of hydrogen-bond acceptors (Lipinski definition) is 2. The molecule has 0 N–H and O–H groups in total. The molecule has 1 atom stereocenters. The third kappa shape index (κ3) is 2.99. The summed E-state index contributed by atoms with van der Waals surface area (Å²) in [5.74, 6) is 0.602. The molecule has 0 aliphatic carbocycles. The van der Waals surface area contributed by atoms with Gasteiger partial charge in [-0.05, 0) is 57.1 Å². The van der Waals surface area contributed by atoms with Gasteiger partial charge in [0.25, 0.3) is 0 Å². The van der Waals surface area contributed by atoms with Gasteiger partial charge in [0.05, 0.1) is 0 Å². The Morgan fingerprint density at radius 2 is 2.11 bits per heavy atom. The number of anilines is 1. The minimum absolute atomic E-state index is 0.568. The van der Waals surface area contributed by atoms with Crippen LogP contribution < -0.4 is 4.90 Å². The number of aryl methyl sites for hydroxylation is 1. The number of hydrogen-bond donors (Lipinski definition) is 0. The van der Waals surface area contributed by atoms with Gasteiger partial charge in [-0.25, -0.2) is 0 Å². The molecule has 1 aromatic carbocycles. The maximum Gasteiger partial charge on any atom is 0.0476 e. The average molecular weight is 267 g/mol. The first kappa shape index (κ1) is 13.7. The van der Waals surface area contributed by atoms with Crippen LogP contribution in [0.3, 0.4) is 0 Å². The average Bonchev–Trinajstić information content (AvgIpc) is 2.50. The number of nitrogens with zero attached hydrogens (tertiary/aromatic N) is 2. The number of likely N-dealkylation sites (N-methyl/N-ethyl adjacent to an activating group) is 1. The van der Waals surface area contributed by atoms with Gasteiger partial charge < -0.3 is 9.80 Å². The number of alkyl halides is 1. The number of benzene rings is 1. The largest absolute Gasteiger partial charge is 0.367 e. The van der Waals surface area contributed by atoms with Gasteiger partial charge in [-0.2, -0.15) is 0 Å². The lowest BCUT2D eigenvalue weighted by molar-refractivity contribution is 0.337. The van der Waals surface area contributed by atoms with Gasteiger partial charge in [-0.15, -0.1) is 11.6 Å². The van der Waals surface area contributed by atoms with Crippen molar-refractivity contribution in [2.45, 2.75) is 32.2 Å². The summed E-state index contributed by atoms with van der Waals surface area (Å²) in [6.45, 7) is 7.93. The second-order valence-electron chi connectivity index (χ2n) is 5.40. The second-order valence-corrected chi connectivity index (χ2v) is 5.67. The molecule has 1 fully saturated rings. The second kappa shape index (κ2) is 5.94. The third-order valence-corrected chi connectivity index (χ3v) is 4.14. The highest BCUT2D eigenvalue weighted by molar-refractivity contribution is 6.17. The molecule has 0 aromatic heterocycles. The molecule has 2 nitrogen and oxygen atoms in total. The minimum atomic E-state index is 0.568. The molecular weight excluding hydrogens is 244 g/mol. The Bertz CT molecular complexity index is 405. The summed E-state index contributed by atoms with van der Waals surface area (Å²) < 4.78 is 0. The van der Waals surface area contributed by atoms with E-state index >= 15 is 0 Å². The van der Waals surface area contributed by atoms with Crippen molar-refractivity contribution in [2.75, 3.05) is 31.6 Å². The summed E-state index contributed by atoms with van der Waals surface area (Å²) in [5, 5.41) is 0. The van der Waals surface area contributed by atoms with E-state index in [0.29, 0.717) is 11.9 Å². The van der Waals surface area contributed by atoms with Crippen molar-refractivity contribution in [2.24, 2.45) is 0 Å². The lowest BCUT2D eigenvalue weighted by Crippen LogP contribution is -2.37. The molecule has 1 aliphatic heterocycles. The molecule has 1 aromatic rings. The summed E-state index contributed by atoms with van der Waals surface area (Å²) in [4.78, 5) is 4.94. The summed E-state index contributed by atoms with van der Waals surface area (Å²) in [6, 6.07) is 7.23. The topological polar surface area (TPSA) is 6.48 Å². The van der Waals surface area contributed by atoms with Crippen LogP contribution in [0.1, 0.15) is 24.5 Å². The van der Waals surface area contributed by atoms with Crippen molar-refractivity contribution in [3.63, 3.8) is 0 Å². The van der Waals surface area contributed by atoms with Gasteiger partial charge in [-0.3, -0.25) is 0 Å². The van der Waals surface area contributed by atoms with Crippen LogP contribution in [0.5, 0.6) is 0 Å². The molecule has 1 aliphatic rings. The fourth-order valence-electron chi connectivity index (χ4n) is 2.76. The van der Waals surface area contributed by atoms with E-state index in [1.165, 1.54) is 29.8 Å². The van der Waals surface area contributed by atoms with E-state index in [-0.39, 0.29) is 0 Å². The normalized spacial score (nSPS) is 22.0. The first-order chi connectivity index (χ1) is 8.61. The highest BCUT2D eigenvalue weighted by Gasteiger charge is 2.20. The van der Waals surface area contributed by atoms with Crippen LogP contribution in [-0.4, -0.2) is 37.6 Å². The molecule has 0 amide bonds. The molecule has 0 saturated carbocycles. The van der Waals surface area contributed by atoms with Gasteiger partial charge in [0.1, 0.15) is 0 Å². The van der Waals surface area contributed by atoms with E-state index in [1.54, 1.807) is 0 Å². The molecule has 1 unspecified atom stereocenters. The lowest BCUT2D eigenvalue weighted by Gasteiger charge is -2.30. The van der Waals surface area contributed by atoms with Gasteiger partial charge >= 0.3 is 0 Å². The van der Waals surface area contributed by atoms with Crippen LogP contribution in [-0.2, 0) is 5.88 Å². The van der Waals surface area contributed by atoms with Crippen LogP contribution in [0.15, 0.2) is 18.2 Å². The molecule has 3 heteroatoms. The SMILES string of the molecule is Cc1cc(N2CCCN(C)CC2C)ccc1CCl. The van der Waals surface area contributed by atoms with Gasteiger partial charge in [0, 0.05) is 30.7 Å². The molecular formula is C15H23ClN2. The summed E-state index contributed by atoms with van der Waals surface area (Å²) in [5.41, 5.74) is 3.87. The summed E-state index contributed by atoms with van der Waals surface area (Å²) in [7, 11) is 2.21. The Labute approximate surface area is 116 Å². The fourth-order valence-corrected chi connectivity index (χ4v) is 3.06. The molecule has 18 heavy (non-hydrogen) atoms. The maximum atomic E-state index is 5.92. The van der Waals surface area contributed by atoms with Crippen molar-refractivity contribution in [3.05, 3.63) is 29.3 Å². The maximum absolute atomic E-state index is 5.92. The van der Waals surface area contributed by atoms with Gasteiger partial charge in [0.15, 0.2) is 0 Å². The summed E-state index contributed by atoms with van der Waals surface area (Å²) in [6.07, 6.45) is 1.23. The molecule has 0 radical (unpaired) electrons. The Balaban J connectivity index is 2.21. The highest BCUT2D eigenvalue weighted by Crippen LogP contribution is 2.24. The Kier molecular flexibility index (Phi) is 4.52. The van der Waals surface area contributed by atoms with E-state index in [2.05, 4.69) is 48.9 Å². The zero-order valence-electron chi connectivity index (χ0n) is 11.6. The molecule has 0 spiro atoms. The van der Waals surface area contributed by atoms with Crippen molar-refractivity contribution < 1.29 is 0 Å². The lowest BCUT2D eigenvalue weighted by atomic mass is 10.1. The predicted octanol–water partition coefficient (Wildman–Crippen LogP) is 3.26. The molecule has 0 bridgehead atoms. The van der Waals surface area contributed by atoms with Gasteiger partial charge in [0.2, 0.25) is 0 Å². The number of rotatable bonds is 2. The van der Waals surface area contributed by atoms with Crippen molar-refractivity contribution in [1.29, 1.82) is 0 Å². The molecule has 1 saturated heterocycles. The third-order valence-electron chi connectivity index (χ3n) is 3.85. The van der Waals surface area contributed by atoms with E-state index in [4.69, 9.17) is 11.6 Å². The molecule has 100 valence electrons. The van der Waals surface area contributed by atoms with E-state index in [0.717, 1.165) is 13.1 Å². The van der Waals surface area contributed by atoms with Crippen LogP contribution >= 0.6 is 11.6 Å². The smallest absolute Gasteiger partial charge is 0.0476 e. The minimum Gasteiger partial charge on any atom is -0.367 e. The van der Waals surface area contributed by atoms with Crippen molar-refractivity contribution in [3.8, 4) is 0 Å². The van der Waals surface area contributed by atoms with Crippen LogP contribution in [0.2, 0.25) is 0 Å².